The minimum Gasteiger partial charge on any atom is -0.478 e. The molecule has 22 heavy (non-hydrogen) atoms. The molecule has 0 spiro atoms. The molecule has 6 nitrogen and oxygen atoms in total. The van der Waals surface area contributed by atoms with Gasteiger partial charge in [-0.15, -0.1) is 0 Å². The Labute approximate surface area is 129 Å². The number of aryl methyl sites for hydroxylation is 1. The maximum Gasteiger partial charge on any atom is 0.337 e. The fraction of sp³-hybridized carbons (Fsp3) is 0.467. The van der Waals surface area contributed by atoms with Gasteiger partial charge in [0, 0.05) is 21.7 Å². The van der Waals surface area contributed by atoms with E-state index in [0.29, 0.717) is 17.6 Å². The first-order chi connectivity index (χ1) is 10.2. The lowest BCUT2D eigenvalue weighted by Gasteiger charge is -2.15. The molecule has 0 saturated carbocycles. The van der Waals surface area contributed by atoms with Gasteiger partial charge in [0.25, 0.3) is 0 Å². The van der Waals surface area contributed by atoms with E-state index in [0.717, 1.165) is 6.04 Å². The lowest BCUT2D eigenvalue weighted by molar-refractivity contribution is 0.0698. The van der Waals surface area contributed by atoms with Gasteiger partial charge in [0.15, 0.2) is 0 Å². The second-order valence-corrected chi connectivity index (χ2v) is 12.2. The molecule has 2 rings (SSSR count). The van der Waals surface area contributed by atoms with Gasteiger partial charge >= 0.3 is 11.7 Å². The van der Waals surface area contributed by atoms with E-state index in [9.17, 15) is 14.7 Å². The molecule has 1 aromatic carbocycles. The number of benzene rings is 1. The van der Waals surface area contributed by atoms with E-state index in [1.54, 1.807) is 19.2 Å². The number of hydrogen-bond donors (Lipinski definition) is 1. The molecule has 0 unspecified atom stereocenters. The molecule has 0 aliphatic carbocycles. The van der Waals surface area contributed by atoms with Crippen molar-refractivity contribution in [3.05, 3.63) is 34.2 Å². The smallest absolute Gasteiger partial charge is 0.337 e. The second-order valence-electron chi connectivity index (χ2n) is 6.60. The first-order valence-electron chi connectivity index (χ1n) is 7.21. The number of para-hydroxylation sites is 1. The van der Waals surface area contributed by atoms with Crippen molar-refractivity contribution in [3.8, 4) is 0 Å². The summed E-state index contributed by atoms with van der Waals surface area (Å²) in [4.78, 5) is 23.6. The standard InChI is InChI=1S/C15H22N2O4Si/c1-16-13-11(14(18)19)6-5-7-12(13)17(15(16)20)10-21-8-9-22(2,3)4/h5-7H,8-10H2,1-4H3,(H,18,19). The Bertz CT molecular complexity index is 755. The highest BCUT2D eigenvalue weighted by Gasteiger charge is 2.18. The van der Waals surface area contributed by atoms with Crippen LogP contribution in [0.3, 0.4) is 0 Å². The molecule has 0 aliphatic rings. The summed E-state index contributed by atoms with van der Waals surface area (Å²) in [6.45, 7) is 7.54. The van der Waals surface area contributed by atoms with E-state index in [-0.39, 0.29) is 18.0 Å². The summed E-state index contributed by atoms with van der Waals surface area (Å²) >= 11 is 0. The quantitative estimate of drug-likeness (QED) is 0.654. The Hall–Kier alpha value is -1.86. The van der Waals surface area contributed by atoms with Gasteiger partial charge < -0.3 is 9.84 Å². The molecule has 0 atom stereocenters. The van der Waals surface area contributed by atoms with Gasteiger partial charge in [-0.2, -0.15) is 0 Å². The summed E-state index contributed by atoms with van der Waals surface area (Å²) in [7, 11) is 0.402. The van der Waals surface area contributed by atoms with Gasteiger partial charge in [-0.05, 0) is 18.2 Å². The van der Waals surface area contributed by atoms with Gasteiger partial charge in [0.1, 0.15) is 6.73 Å². The van der Waals surface area contributed by atoms with Crippen LogP contribution in [0.4, 0.5) is 0 Å². The van der Waals surface area contributed by atoms with Gasteiger partial charge in [-0.1, -0.05) is 25.7 Å². The molecular formula is C15H22N2O4Si. The fourth-order valence-electron chi connectivity index (χ4n) is 2.31. The summed E-state index contributed by atoms with van der Waals surface area (Å²) in [5.41, 5.74) is 0.865. The van der Waals surface area contributed by atoms with E-state index in [2.05, 4.69) is 19.6 Å². The molecule has 0 aliphatic heterocycles. The van der Waals surface area contributed by atoms with Crippen molar-refractivity contribution in [1.82, 2.24) is 9.13 Å². The zero-order chi connectivity index (χ0) is 16.5. The van der Waals surface area contributed by atoms with Crippen LogP contribution in [0.25, 0.3) is 11.0 Å². The number of carbonyl (C=O) groups is 1. The third kappa shape index (κ3) is 3.31. The molecule has 1 aromatic heterocycles. The number of nitrogens with zero attached hydrogens (tertiary/aromatic N) is 2. The van der Waals surface area contributed by atoms with Crippen LogP contribution in [0.2, 0.25) is 25.7 Å². The van der Waals surface area contributed by atoms with Gasteiger partial charge in [-0.25, -0.2) is 9.59 Å². The van der Waals surface area contributed by atoms with Crippen molar-refractivity contribution in [1.29, 1.82) is 0 Å². The number of aromatic nitrogens is 2. The predicted octanol–water partition coefficient (Wildman–Crippen LogP) is 2.35. The Balaban J connectivity index is 2.31. The van der Waals surface area contributed by atoms with Crippen molar-refractivity contribution < 1.29 is 14.6 Å². The van der Waals surface area contributed by atoms with Gasteiger partial charge in [-0.3, -0.25) is 9.13 Å². The van der Waals surface area contributed by atoms with Crippen LogP contribution in [0.1, 0.15) is 10.4 Å². The van der Waals surface area contributed by atoms with Gasteiger partial charge in [0.2, 0.25) is 0 Å². The third-order valence-corrected chi connectivity index (χ3v) is 5.31. The molecule has 2 aromatic rings. The summed E-state index contributed by atoms with van der Waals surface area (Å²) in [5, 5.41) is 9.26. The predicted molar refractivity (Wildman–Crippen MR) is 88.2 cm³/mol. The average molecular weight is 322 g/mol. The fourth-order valence-corrected chi connectivity index (χ4v) is 3.07. The highest BCUT2D eigenvalue weighted by molar-refractivity contribution is 6.76. The lowest BCUT2D eigenvalue weighted by atomic mass is 10.2. The van der Waals surface area contributed by atoms with E-state index in [1.165, 1.54) is 15.2 Å². The van der Waals surface area contributed by atoms with Crippen LogP contribution < -0.4 is 5.69 Å². The second kappa shape index (κ2) is 6.10. The molecule has 1 N–H and O–H groups in total. The summed E-state index contributed by atoms with van der Waals surface area (Å²) in [6.07, 6.45) is 0. The third-order valence-electron chi connectivity index (χ3n) is 3.61. The normalized spacial score (nSPS) is 12.0. The number of hydrogen-bond acceptors (Lipinski definition) is 3. The average Bonchev–Trinajstić information content (AvgIpc) is 2.67. The zero-order valence-corrected chi connectivity index (χ0v) is 14.4. The van der Waals surface area contributed by atoms with Crippen LogP contribution >= 0.6 is 0 Å². The number of ether oxygens (including phenoxy) is 1. The largest absolute Gasteiger partial charge is 0.478 e. The molecule has 0 saturated heterocycles. The van der Waals surface area contributed by atoms with Crippen LogP contribution in [-0.2, 0) is 18.5 Å². The van der Waals surface area contributed by atoms with Gasteiger partial charge in [0.05, 0.1) is 16.6 Å². The van der Waals surface area contributed by atoms with Crippen LogP contribution in [0.15, 0.2) is 23.0 Å². The van der Waals surface area contributed by atoms with E-state index < -0.39 is 14.0 Å². The highest BCUT2D eigenvalue weighted by Crippen LogP contribution is 2.18. The number of carboxylic acid groups (broad SMARTS) is 1. The van der Waals surface area contributed by atoms with E-state index in [1.807, 2.05) is 0 Å². The maximum absolute atomic E-state index is 12.3. The molecule has 0 radical (unpaired) electrons. The first-order valence-corrected chi connectivity index (χ1v) is 10.9. The SMILES string of the molecule is Cn1c(=O)n(COCC[Si](C)(C)C)c2cccc(C(=O)O)c21. The lowest BCUT2D eigenvalue weighted by Crippen LogP contribution is -2.25. The minimum atomic E-state index is -1.18. The number of fused-ring (bicyclic) bond motifs is 1. The Morgan fingerprint density at radius 1 is 1.32 bits per heavy atom. The Morgan fingerprint density at radius 3 is 2.59 bits per heavy atom. The molecule has 7 heteroatoms. The molecule has 0 amide bonds. The van der Waals surface area contributed by atoms with Crippen LogP contribution in [0.5, 0.6) is 0 Å². The molecule has 0 fully saturated rings. The molecule has 0 bridgehead atoms. The Morgan fingerprint density at radius 2 is 2.00 bits per heavy atom. The molecule has 120 valence electrons. The van der Waals surface area contributed by atoms with E-state index >= 15 is 0 Å². The highest BCUT2D eigenvalue weighted by atomic mass is 28.3. The zero-order valence-electron chi connectivity index (χ0n) is 13.4. The van der Waals surface area contributed by atoms with Crippen molar-refractivity contribution in [2.24, 2.45) is 7.05 Å². The topological polar surface area (TPSA) is 73.5 Å². The number of imidazole rings is 1. The minimum absolute atomic E-state index is 0.123. The van der Waals surface area contributed by atoms with Crippen LogP contribution in [-0.4, -0.2) is 34.9 Å². The number of aromatic carboxylic acids is 1. The summed E-state index contributed by atoms with van der Waals surface area (Å²) < 4.78 is 8.48. The number of carboxylic acids is 1. The summed E-state index contributed by atoms with van der Waals surface area (Å²) in [6, 6.07) is 5.90. The van der Waals surface area contributed by atoms with Crippen molar-refractivity contribution in [2.75, 3.05) is 6.61 Å². The van der Waals surface area contributed by atoms with E-state index in [4.69, 9.17) is 4.74 Å². The van der Waals surface area contributed by atoms with Crippen molar-refractivity contribution in [3.63, 3.8) is 0 Å². The number of rotatable bonds is 6. The maximum atomic E-state index is 12.3. The first kappa shape index (κ1) is 16.5. The van der Waals surface area contributed by atoms with Crippen molar-refractivity contribution >= 4 is 25.1 Å². The van der Waals surface area contributed by atoms with Crippen molar-refractivity contribution in [2.45, 2.75) is 32.4 Å². The Kier molecular flexibility index (Phi) is 4.57. The molecule has 1 heterocycles. The molecular weight excluding hydrogens is 300 g/mol. The summed E-state index contributed by atoms with van der Waals surface area (Å²) in [5.74, 6) is -1.04. The van der Waals surface area contributed by atoms with Crippen LogP contribution in [0, 0.1) is 0 Å². The monoisotopic (exact) mass is 322 g/mol.